The second-order valence-corrected chi connectivity index (χ2v) is 5.87. The SMILES string of the molecule is O=COc1cc(N2CCN(c3ccc(C(F)(F)F)cc3)C2=O)ccc1Cl. The predicted octanol–water partition coefficient (Wildman–Crippen LogP) is 4.34. The Kier molecular flexibility index (Phi) is 4.78. The maximum Gasteiger partial charge on any atom is 0.416 e. The summed E-state index contributed by atoms with van der Waals surface area (Å²) in [6, 6.07) is 8.51. The first kappa shape index (κ1) is 18.1. The highest BCUT2D eigenvalue weighted by atomic mass is 35.5. The Morgan fingerprint density at radius 2 is 1.58 bits per heavy atom. The van der Waals surface area contributed by atoms with Crippen LogP contribution >= 0.6 is 11.6 Å². The Bertz CT molecular complexity index is 840. The van der Waals surface area contributed by atoms with Gasteiger partial charge in [0.05, 0.1) is 10.6 Å². The van der Waals surface area contributed by atoms with Crippen LogP contribution in [0.2, 0.25) is 5.02 Å². The minimum atomic E-state index is -4.43. The van der Waals surface area contributed by atoms with Crippen LogP contribution < -0.4 is 14.5 Å². The van der Waals surface area contributed by atoms with Crippen LogP contribution in [0.15, 0.2) is 42.5 Å². The van der Waals surface area contributed by atoms with Crippen LogP contribution in [-0.4, -0.2) is 25.6 Å². The standard InChI is InChI=1S/C17H12ClF3N2O3/c18-14-6-5-13(9-15(14)26-10-24)23-8-7-22(16(23)25)12-3-1-11(2-4-12)17(19,20)21/h1-6,9-10H,7-8H2. The lowest BCUT2D eigenvalue weighted by Gasteiger charge is -2.20. The Morgan fingerprint density at radius 1 is 1.00 bits per heavy atom. The number of carbonyl (C=O) groups excluding carboxylic acids is 2. The Balaban J connectivity index is 1.82. The molecule has 0 aromatic heterocycles. The summed E-state index contributed by atoms with van der Waals surface area (Å²) in [5.74, 6) is 0.111. The van der Waals surface area contributed by atoms with Crippen molar-refractivity contribution in [3.8, 4) is 5.75 Å². The number of amides is 2. The third kappa shape index (κ3) is 3.45. The minimum Gasteiger partial charge on any atom is -0.427 e. The molecule has 2 aromatic rings. The van der Waals surface area contributed by atoms with Gasteiger partial charge >= 0.3 is 12.2 Å². The average Bonchev–Trinajstić information content (AvgIpc) is 2.98. The molecule has 1 aliphatic heterocycles. The fourth-order valence-electron chi connectivity index (χ4n) is 2.65. The summed E-state index contributed by atoms with van der Waals surface area (Å²) < 4.78 is 42.7. The third-order valence-electron chi connectivity index (χ3n) is 3.92. The highest BCUT2D eigenvalue weighted by Crippen LogP contribution is 2.34. The lowest BCUT2D eigenvalue weighted by atomic mass is 10.2. The molecule has 0 radical (unpaired) electrons. The maximum atomic E-state index is 12.7. The number of nitrogens with zero attached hydrogens (tertiary/aromatic N) is 2. The second kappa shape index (κ2) is 6.87. The quantitative estimate of drug-likeness (QED) is 0.737. The summed E-state index contributed by atoms with van der Waals surface area (Å²) in [5, 5.41) is 0.215. The number of anilines is 2. The van der Waals surface area contributed by atoms with Crippen molar-refractivity contribution in [1.29, 1.82) is 0 Å². The normalized spacial score (nSPS) is 14.7. The van der Waals surface area contributed by atoms with Gasteiger partial charge in [-0.15, -0.1) is 0 Å². The van der Waals surface area contributed by atoms with Crippen molar-refractivity contribution in [2.75, 3.05) is 22.9 Å². The predicted molar refractivity (Wildman–Crippen MR) is 89.7 cm³/mol. The molecule has 0 saturated carbocycles. The Morgan fingerprint density at radius 3 is 2.15 bits per heavy atom. The lowest BCUT2D eigenvalue weighted by Crippen LogP contribution is -2.31. The number of urea groups is 1. The van der Waals surface area contributed by atoms with Crippen LogP contribution in [0.1, 0.15) is 5.56 Å². The summed E-state index contributed by atoms with van der Waals surface area (Å²) in [7, 11) is 0. The molecule has 0 unspecified atom stereocenters. The lowest BCUT2D eigenvalue weighted by molar-refractivity contribution is -0.137. The molecule has 1 aliphatic rings. The smallest absolute Gasteiger partial charge is 0.416 e. The number of carbonyl (C=O) groups is 2. The molecule has 0 spiro atoms. The number of benzene rings is 2. The first-order valence-corrected chi connectivity index (χ1v) is 7.85. The van der Waals surface area contributed by atoms with Crippen molar-refractivity contribution in [1.82, 2.24) is 0 Å². The fraction of sp³-hybridized carbons (Fsp3) is 0.176. The molecule has 0 N–H and O–H groups in total. The number of alkyl halides is 3. The third-order valence-corrected chi connectivity index (χ3v) is 4.23. The van der Waals surface area contributed by atoms with Gasteiger partial charge in [-0.1, -0.05) is 11.6 Å². The molecule has 3 rings (SSSR count). The number of rotatable bonds is 4. The van der Waals surface area contributed by atoms with Gasteiger partial charge in [0, 0.05) is 30.5 Å². The van der Waals surface area contributed by atoms with E-state index in [1.807, 2.05) is 0 Å². The van der Waals surface area contributed by atoms with E-state index in [4.69, 9.17) is 16.3 Å². The molecule has 5 nitrogen and oxygen atoms in total. The van der Waals surface area contributed by atoms with E-state index in [9.17, 15) is 22.8 Å². The number of hydrogen-bond donors (Lipinski definition) is 0. The Hall–Kier alpha value is -2.74. The van der Waals surface area contributed by atoms with Crippen LogP contribution in [0.3, 0.4) is 0 Å². The maximum absolute atomic E-state index is 12.7. The number of halogens is 4. The van der Waals surface area contributed by atoms with E-state index in [0.29, 0.717) is 24.5 Å². The van der Waals surface area contributed by atoms with Crippen LogP contribution in [0, 0.1) is 0 Å². The van der Waals surface area contributed by atoms with E-state index in [1.165, 1.54) is 34.1 Å². The van der Waals surface area contributed by atoms with Crippen LogP contribution in [-0.2, 0) is 11.0 Å². The average molecular weight is 385 g/mol. The van der Waals surface area contributed by atoms with Crippen LogP contribution in [0.25, 0.3) is 0 Å². The van der Waals surface area contributed by atoms with Gasteiger partial charge in [-0.25, -0.2) is 4.79 Å². The molecule has 0 aliphatic carbocycles. The fourth-order valence-corrected chi connectivity index (χ4v) is 2.81. The summed E-state index contributed by atoms with van der Waals surface area (Å²) in [6.07, 6.45) is -4.43. The van der Waals surface area contributed by atoms with Gasteiger partial charge in [-0.2, -0.15) is 13.2 Å². The van der Waals surface area contributed by atoms with E-state index >= 15 is 0 Å². The van der Waals surface area contributed by atoms with Crippen molar-refractivity contribution in [2.24, 2.45) is 0 Å². The van der Waals surface area contributed by atoms with Crippen molar-refractivity contribution in [2.45, 2.75) is 6.18 Å². The van der Waals surface area contributed by atoms with Gasteiger partial charge in [0.25, 0.3) is 6.47 Å². The highest BCUT2D eigenvalue weighted by Gasteiger charge is 2.33. The molecule has 2 aromatic carbocycles. The van der Waals surface area contributed by atoms with E-state index in [-0.39, 0.29) is 17.2 Å². The van der Waals surface area contributed by atoms with Gasteiger partial charge in [0.1, 0.15) is 0 Å². The topological polar surface area (TPSA) is 49.9 Å². The molecule has 1 saturated heterocycles. The summed E-state index contributed by atoms with van der Waals surface area (Å²) >= 11 is 5.90. The van der Waals surface area contributed by atoms with Crippen LogP contribution in [0.5, 0.6) is 5.75 Å². The minimum absolute atomic E-state index is 0.111. The van der Waals surface area contributed by atoms with Gasteiger partial charge < -0.3 is 4.74 Å². The second-order valence-electron chi connectivity index (χ2n) is 5.46. The zero-order valence-electron chi connectivity index (χ0n) is 13.2. The molecule has 26 heavy (non-hydrogen) atoms. The summed E-state index contributed by atoms with van der Waals surface area (Å²) in [4.78, 5) is 25.9. The van der Waals surface area contributed by atoms with E-state index < -0.39 is 17.8 Å². The van der Waals surface area contributed by atoms with E-state index in [1.54, 1.807) is 6.07 Å². The number of ether oxygens (including phenoxy) is 1. The van der Waals surface area contributed by atoms with Crippen molar-refractivity contribution >= 4 is 35.5 Å². The molecular formula is C17H12ClF3N2O3. The molecule has 1 heterocycles. The zero-order valence-corrected chi connectivity index (χ0v) is 13.9. The number of hydrogen-bond acceptors (Lipinski definition) is 3. The van der Waals surface area contributed by atoms with Crippen molar-refractivity contribution in [3.05, 3.63) is 53.1 Å². The molecule has 0 bridgehead atoms. The molecule has 1 fully saturated rings. The molecule has 2 amide bonds. The van der Waals surface area contributed by atoms with Crippen molar-refractivity contribution in [3.63, 3.8) is 0 Å². The zero-order chi connectivity index (χ0) is 18.9. The molecule has 9 heteroatoms. The Labute approximate surface area is 151 Å². The first-order valence-electron chi connectivity index (χ1n) is 7.47. The molecule has 0 atom stereocenters. The first-order chi connectivity index (χ1) is 12.3. The highest BCUT2D eigenvalue weighted by molar-refractivity contribution is 6.32. The molecular weight excluding hydrogens is 373 g/mol. The largest absolute Gasteiger partial charge is 0.427 e. The van der Waals surface area contributed by atoms with Gasteiger partial charge in [-0.05, 0) is 36.4 Å². The van der Waals surface area contributed by atoms with E-state index in [0.717, 1.165) is 12.1 Å². The van der Waals surface area contributed by atoms with Gasteiger partial charge in [0.2, 0.25) is 0 Å². The summed E-state index contributed by atoms with van der Waals surface area (Å²) in [5.41, 5.74) is 0.0487. The van der Waals surface area contributed by atoms with Gasteiger partial charge in [0.15, 0.2) is 5.75 Å². The monoisotopic (exact) mass is 384 g/mol. The van der Waals surface area contributed by atoms with Crippen LogP contribution in [0.4, 0.5) is 29.3 Å². The molecule has 136 valence electrons. The van der Waals surface area contributed by atoms with E-state index in [2.05, 4.69) is 0 Å². The van der Waals surface area contributed by atoms with Crippen molar-refractivity contribution < 1.29 is 27.5 Å². The van der Waals surface area contributed by atoms with Gasteiger partial charge in [-0.3, -0.25) is 14.6 Å². The summed E-state index contributed by atoms with van der Waals surface area (Å²) in [6.45, 7) is 0.851.